The molecule has 0 fully saturated rings. The zero-order chi connectivity index (χ0) is 26.5. The first-order chi connectivity index (χ1) is 18.5. The summed E-state index contributed by atoms with van der Waals surface area (Å²) in [6.45, 7) is 6.67. The van der Waals surface area contributed by atoms with E-state index in [1.807, 2.05) is 67.6 Å². The standard InChI is InChI=1S/C30H30N4O3S/c1-4-38-30-32-29-31-21(3)26(28(35)37-18-22-10-6-5-7-11-22)27(34(29)33-30)24-13-15-25(16-14-24)36-19-23-12-8-9-20(2)17-23/h5-17,27H,4,18-19H2,1-3H3,(H,31,32,33). The Labute approximate surface area is 226 Å². The van der Waals surface area contributed by atoms with Gasteiger partial charge < -0.3 is 14.8 Å². The highest BCUT2D eigenvalue weighted by Gasteiger charge is 2.35. The molecule has 1 unspecified atom stereocenters. The minimum absolute atomic E-state index is 0.191. The monoisotopic (exact) mass is 526 g/mol. The largest absolute Gasteiger partial charge is 0.489 e. The molecule has 1 atom stereocenters. The minimum atomic E-state index is -0.487. The number of rotatable bonds is 9. The molecule has 1 N–H and O–H groups in total. The Kier molecular flexibility index (Phi) is 7.79. The van der Waals surface area contributed by atoms with E-state index in [1.165, 1.54) is 5.56 Å². The molecule has 7 nitrogen and oxygen atoms in total. The van der Waals surface area contributed by atoms with Gasteiger partial charge in [-0.25, -0.2) is 9.48 Å². The highest BCUT2D eigenvalue weighted by atomic mass is 32.2. The smallest absolute Gasteiger partial charge is 0.338 e. The van der Waals surface area contributed by atoms with Gasteiger partial charge in [0.05, 0.1) is 5.57 Å². The number of fused-ring (bicyclic) bond motifs is 1. The van der Waals surface area contributed by atoms with Crippen molar-refractivity contribution in [1.29, 1.82) is 0 Å². The second kappa shape index (κ2) is 11.6. The fourth-order valence-corrected chi connectivity index (χ4v) is 4.96. The van der Waals surface area contributed by atoms with Gasteiger partial charge in [-0.3, -0.25) is 0 Å². The summed E-state index contributed by atoms with van der Waals surface area (Å²) in [5.41, 5.74) is 5.32. The average Bonchev–Trinajstić information content (AvgIpc) is 3.33. The Morgan fingerprint density at radius 2 is 1.74 bits per heavy atom. The van der Waals surface area contributed by atoms with Crippen LogP contribution in [-0.2, 0) is 22.7 Å². The molecule has 38 heavy (non-hydrogen) atoms. The van der Waals surface area contributed by atoms with Crippen molar-refractivity contribution >= 4 is 23.7 Å². The molecule has 194 valence electrons. The number of nitrogens with one attached hydrogen (secondary N) is 1. The van der Waals surface area contributed by atoms with Crippen LogP contribution in [-0.4, -0.2) is 26.5 Å². The first-order valence-electron chi connectivity index (χ1n) is 12.6. The van der Waals surface area contributed by atoms with Gasteiger partial charge in [-0.15, -0.1) is 5.10 Å². The SMILES string of the molecule is CCSc1nc2n(n1)C(c1ccc(OCc3cccc(C)c3)cc1)C(C(=O)OCc1ccccc1)=C(C)N2. The maximum absolute atomic E-state index is 13.5. The van der Waals surface area contributed by atoms with Gasteiger partial charge in [0.15, 0.2) is 0 Å². The van der Waals surface area contributed by atoms with Crippen molar-refractivity contribution in [2.45, 2.75) is 45.2 Å². The number of hydrogen-bond donors (Lipinski definition) is 1. The van der Waals surface area contributed by atoms with Crippen molar-refractivity contribution in [1.82, 2.24) is 14.8 Å². The van der Waals surface area contributed by atoms with Gasteiger partial charge in [0, 0.05) is 5.70 Å². The summed E-state index contributed by atoms with van der Waals surface area (Å²) in [6.07, 6.45) is 0. The molecule has 0 aliphatic carbocycles. The van der Waals surface area contributed by atoms with Crippen LogP contribution in [0.25, 0.3) is 0 Å². The Hall–Kier alpha value is -4.04. The molecule has 2 heterocycles. The fraction of sp³-hybridized carbons (Fsp3) is 0.233. The van der Waals surface area contributed by atoms with Crippen molar-refractivity contribution < 1.29 is 14.3 Å². The van der Waals surface area contributed by atoms with Crippen molar-refractivity contribution in [3.63, 3.8) is 0 Å². The van der Waals surface area contributed by atoms with E-state index in [1.54, 1.807) is 16.4 Å². The van der Waals surface area contributed by atoms with E-state index in [-0.39, 0.29) is 6.61 Å². The average molecular weight is 527 g/mol. The van der Waals surface area contributed by atoms with Gasteiger partial charge >= 0.3 is 5.97 Å². The molecule has 0 saturated carbocycles. The van der Waals surface area contributed by atoms with Crippen molar-refractivity contribution in [3.05, 3.63) is 112 Å². The summed E-state index contributed by atoms with van der Waals surface area (Å²) >= 11 is 1.55. The van der Waals surface area contributed by atoms with Gasteiger partial charge in [0.2, 0.25) is 11.1 Å². The number of aryl methyl sites for hydroxylation is 1. The normalized spacial score (nSPS) is 14.6. The van der Waals surface area contributed by atoms with Crippen LogP contribution in [0, 0.1) is 6.92 Å². The first kappa shape index (κ1) is 25.6. The third-order valence-electron chi connectivity index (χ3n) is 6.22. The number of ether oxygens (including phenoxy) is 2. The predicted molar refractivity (Wildman–Crippen MR) is 149 cm³/mol. The Bertz CT molecular complexity index is 1450. The van der Waals surface area contributed by atoms with Crippen LogP contribution in [0.4, 0.5) is 5.95 Å². The van der Waals surface area contributed by atoms with E-state index >= 15 is 0 Å². The van der Waals surface area contributed by atoms with Crippen LogP contribution >= 0.6 is 11.8 Å². The zero-order valence-electron chi connectivity index (χ0n) is 21.7. The number of aromatic nitrogens is 3. The molecule has 0 saturated heterocycles. The summed E-state index contributed by atoms with van der Waals surface area (Å²) in [7, 11) is 0. The van der Waals surface area contributed by atoms with E-state index in [2.05, 4.69) is 42.3 Å². The third kappa shape index (κ3) is 5.75. The molecule has 3 aromatic carbocycles. The van der Waals surface area contributed by atoms with E-state index in [0.717, 1.165) is 28.2 Å². The number of carbonyl (C=O) groups excluding carboxylic acids is 1. The van der Waals surface area contributed by atoms with Crippen LogP contribution in [0.2, 0.25) is 0 Å². The fourth-order valence-electron chi connectivity index (χ4n) is 4.41. The topological polar surface area (TPSA) is 78.3 Å². The lowest BCUT2D eigenvalue weighted by molar-refractivity contribution is -0.140. The van der Waals surface area contributed by atoms with Gasteiger partial charge in [0.25, 0.3) is 0 Å². The van der Waals surface area contributed by atoms with Crippen LogP contribution in [0.15, 0.2) is 95.3 Å². The molecule has 1 aliphatic rings. The van der Waals surface area contributed by atoms with Crippen molar-refractivity contribution in [3.8, 4) is 5.75 Å². The van der Waals surface area contributed by atoms with Crippen molar-refractivity contribution in [2.75, 3.05) is 11.1 Å². The Morgan fingerprint density at radius 1 is 0.974 bits per heavy atom. The lowest BCUT2D eigenvalue weighted by Crippen LogP contribution is -2.29. The van der Waals surface area contributed by atoms with Crippen molar-refractivity contribution in [2.24, 2.45) is 0 Å². The number of benzene rings is 3. The first-order valence-corrected chi connectivity index (χ1v) is 13.6. The van der Waals surface area contributed by atoms with Gasteiger partial charge in [-0.05, 0) is 48.4 Å². The molecule has 1 aliphatic heterocycles. The number of hydrogen-bond acceptors (Lipinski definition) is 7. The van der Waals surface area contributed by atoms with Gasteiger partial charge in [-0.1, -0.05) is 91.0 Å². The predicted octanol–water partition coefficient (Wildman–Crippen LogP) is 6.31. The second-order valence-electron chi connectivity index (χ2n) is 9.07. The third-order valence-corrected chi connectivity index (χ3v) is 6.94. The molecule has 4 aromatic rings. The second-order valence-corrected chi connectivity index (χ2v) is 10.3. The van der Waals surface area contributed by atoms with Gasteiger partial charge in [-0.2, -0.15) is 4.98 Å². The lowest BCUT2D eigenvalue weighted by Gasteiger charge is -2.28. The summed E-state index contributed by atoms with van der Waals surface area (Å²) in [4.78, 5) is 18.1. The summed E-state index contributed by atoms with van der Waals surface area (Å²) in [6, 6.07) is 25.2. The van der Waals surface area contributed by atoms with E-state index in [4.69, 9.17) is 14.6 Å². The number of carbonyl (C=O) groups is 1. The number of esters is 1. The van der Waals surface area contributed by atoms with Gasteiger partial charge in [0.1, 0.15) is 25.0 Å². The molecule has 0 spiro atoms. The summed E-state index contributed by atoms with van der Waals surface area (Å²) in [5, 5.41) is 8.63. The summed E-state index contributed by atoms with van der Waals surface area (Å²) < 4.78 is 13.5. The molecule has 1 aromatic heterocycles. The lowest BCUT2D eigenvalue weighted by atomic mass is 9.95. The highest BCUT2D eigenvalue weighted by molar-refractivity contribution is 7.99. The zero-order valence-corrected chi connectivity index (χ0v) is 22.5. The van der Waals surface area contributed by atoms with Crippen LogP contribution in [0.1, 0.15) is 42.1 Å². The summed E-state index contributed by atoms with van der Waals surface area (Å²) in [5.74, 6) is 1.80. The molecule has 0 radical (unpaired) electrons. The Morgan fingerprint density at radius 3 is 2.47 bits per heavy atom. The molecule has 8 heteroatoms. The van der Waals surface area contributed by atoms with E-state index < -0.39 is 12.0 Å². The number of anilines is 1. The maximum atomic E-state index is 13.5. The number of thioether (sulfide) groups is 1. The molecule has 0 amide bonds. The quantitative estimate of drug-likeness (QED) is 0.202. The molecule has 5 rings (SSSR count). The minimum Gasteiger partial charge on any atom is -0.489 e. The number of allylic oxidation sites excluding steroid dienone is 1. The van der Waals surface area contributed by atoms with Crippen LogP contribution in [0.5, 0.6) is 5.75 Å². The molecular formula is C30H30N4O3S. The Balaban J connectivity index is 1.41. The molecular weight excluding hydrogens is 496 g/mol. The highest BCUT2D eigenvalue weighted by Crippen LogP contribution is 2.37. The molecule has 0 bridgehead atoms. The maximum Gasteiger partial charge on any atom is 0.338 e. The van der Waals surface area contributed by atoms with Crippen LogP contribution < -0.4 is 10.1 Å². The van der Waals surface area contributed by atoms with Crippen LogP contribution in [0.3, 0.4) is 0 Å². The number of nitrogens with zero attached hydrogens (tertiary/aromatic N) is 3. The van der Waals surface area contributed by atoms with E-state index in [0.29, 0.717) is 29.0 Å². The van der Waals surface area contributed by atoms with E-state index in [9.17, 15) is 4.79 Å².